The van der Waals surface area contributed by atoms with Crippen LogP contribution in [-0.4, -0.2) is 24.7 Å². The lowest BCUT2D eigenvalue weighted by Crippen LogP contribution is -2.24. The molecular formula is C22H16Cl2N2O4. The molecular weight excluding hydrogens is 427 g/mol. The topological polar surface area (TPSA) is 77.0 Å². The fourth-order valence-electron chi connectivity index (χ4n) is 2.32. The first-order chi connectivity index (χ1) is 14.5. The summed E-state index contributed by atoms with van der Waals surface area (Å²) in [6, 6.07) is 20.1. The van der Waals surface area contributed by atoms with Crippen molar-refractivity contribution in [3.8, 4) is 11.5 Å². The van der Waals surface area contributed by atoms with Gasteiger partial charge in [-0.05, 0) is 60.2 Å². The quantitative estimate of drug-likeness (QED) is 0.248. The van der Waals surface area contributed by atoms with Crippen LogP contribution in [0.25, 0.3) is 0 Å². The molecule has 0 saturated heterocycles. The monoisotopic (exact) mass is 442 g/mol. The first-order valence-electron chi connectivity index (χ1n) is 8.78. The molecule has 3 aromatic rings. The fraction of sp³-hybridized carbons (Fsp3) is 0.0455. The van der Waals surface area contributed by atoms with E-state index >= 15 is 0 Å². The van der Waals surface area contributed by atoms with Gasteiger partial charge >= 0.3 is 5.97 Å². The zero-order chi connectivity index (χ0) is 21.3. The molecule has 0 aliphatic rings. The highest BCUT2D eigenvalue weighted by atomic mass is 35.5. The molecule has 0 saturated carbocycles. The third kappa shape index (κ3) is 6.34. The number of carbonyl (C=O) groups excluding carboxylic acids is 2. The maximum absolute atomic E-state index is 12.2. The van der Waals surface area contributed by atoms with Crippen molar-refractivity contribution in [1.29, 1.82) is 0 Å². The lowest BCUT2D eigenvalue weighted by molar-refractivity contribution is -0.123. The minimum absolute atomic E-state index is 0.149. The standard InChI is InChI=1S/C22H16Cl2N2O4/c23-16-8-11-19(20(24)12-16)22(28)30-18-9-6-15(7-10-18)13-25-26-21(27)14-29-17-4-2-1-3-5-17/h1-13H,14H2,(H,26,27). The maximum Gasteiger partial charge on any atom is 0.345 e. The highest BCUT2D eigenvalue weighted by molar-refractivity contribution is 6.36. The van der Waals surface area contributed by atoms with E-state index < -0.39 is 5.97 Å². The SMILES string of the molecule is O=C(COc1ccccc1)NN=Cc1ccc(OC(=O)c2ccc(Cl)cc2Cl)cc1. The molecule has 0 aliphatic carbocycles. The number of esters is 1. The van der Waals surface area contributed by atoms with Crippen molar-refractivity contribution in [3.05, 3.63) is 94.0 Å². The Kier molecular flexibility index (Phi) is 7.43. The molecule has 0 aliphatic heterocycles. The Labute approximate surface area is 183 Å². The maximum atomic E-state index is 12.2. The molecule has 0 unspecified atom stereocenters. The second kappa shape index (κ2) is 10.4. The Bertz CT molecular complexity index is 1050. The summed E-state index contributed by atoms with van der Waals surface area (Å²) >= 11 is 11.8. The molecule has 3 rings (SSSR count). The van der Waals surface area contributed by atoms with Gasteiger partial charge in [-0.15, -0.1) is 0 Å². The van der Waals surface area contributed by atoms with Crippen LogP contribution in [0.2, 0.25) is 10.0 Å². The van der Waals surface area contributed by atoms with Crippen molar-refractivity contribution in [2.45, 2.75) is 0 Å². The van der Waals surface area contributed by atoms with Crippen LogP contribution < -0.4 is 14.9 Å². The molecule has 0 radical (unpaired) electrons. The molecule has 0 aromatic heterocycles. The van der Waals surface area contributed by atoms with Crippen LogP contribution >= 0.6 is 23.2 Å². The van der Waals surface area contributed by atoms with Crippen molar-refractivity contribution < 1.29 is 19.1 Å². The van der Waals surface area contributed by atoms with E-state index in [2.05, 4.69) is 10.5 Å². The predicted octanol–water partition coefficient (Wildman–Crippen LogP) is 4.74. The number of hydrazone groups is 1. The number of nitrogens with one attached hydrogen (secondary N) is 1. The second-order valence-electron chi connectivity index (χ2n) is 5.98. The third-order valence-corrected chi connectivity index (χ3v) is 4.31. The van der Waals surface area contributed by atoms with E-state index in [1.54, 1.807) is 42.5 Å². The van der Waals surface area contributed by atoms with Crippen LogP contribution in [0.4, 0.5) is 0 Å². The number of ether oxygens (including phenoxy) is 2. The first kappa shape index (κ1) is 21.4. The number of para-hydroxylation sites is 1. The zero-order valence-electron chi connectivity index (χ0n) is 15.5. The molecule has 0 fully saturated rings. The van der Waals surface area contributed by atoms with Crippen LogP contribution in [-0.2, 0) is 4.79 Å². The van der Waals surface area contributed by atoms with Gasteiger partial charge < -0.3 is 9.47 Å². The number of benzene rings is 3. The summed E-state index contributed by atoms with van der Waals surface area (Å²) < 4.78 is 10.6. The number of carbonyl (C=O) groups is 2. The fourth-order valence-corrected chi connectivity index (χ4v) is 2.80. The van der Waals surface area contributed by atoms with Gasteiger partial charge in [-0.2, -0.15) is 5.10 Å². The predicted molar refractivity (Wildman–Crippen MR) is 116 cm³/mol. The number of halogens is 2. The summed E-state index contributed by atoms with van der Waals surface area (Å²) in [7, 11) is 0. The molecule has 152 valence electrons. The van der Waals surface area contributed by atoms with Crippen LogP contribution in [0.1, 0.15) is 15.9 Å². The third-order valence-electron chi connectivity index (χ3n) is 3.76. The summed E-state index contributed by atoms with van der Waals surface area (Å²) in [5.74, 6) is -0.0469. The molecule has 6 nitrogen and oxygen atoms in total. The van der Waals surface area contributed by atoms with Gasteiger partial charge in [0.05, 0.1) is 16.8 Å². The van der Waals surface area contributed by atoms with Crippen LogP contribution in [0.5, 0.6) is 11.5 Å². The van der Waals surface area contributed by atoms with Gasteiger partial charge in [-0.1, -0.05) is 41.4 Å². The highest BCUT2D eigenvalue weighted by Crippen LogP contribution is 2.23. The van der Waals surface area contributed by atoms with E-state index in [9.17, 15) is 9.59 Å². The summed E-state index contributed by atoms with van der Waals surface area (Å²) in [4.78, 5) is 23.9. The second-order valence-corrected chi connectivity index (χ2v) is 6.82. The normalized spacial score (nSPS) is 10.6. The highest BCUT2D eigenvalue weighted by Gasteiger charge is 2.13. The Hall–Kier alpha value is -3.35. The molecule has 1 N–H and O–H groups in total. The van der Waals surface area contributed by atoms with Crippen molar-refractivity contribution in [2.24, 2.45) is 5.10 Å². The van der Waals surface area contributed by atoms with Gasteiger partial charge in [0.25, 0.3) is 5.91 Å². The molecule has 0 atom stereocenters. The summed E-state index contributed by atoms with van der Waals surface area (Å²) in [6.07, 6.45) is 1.46. The molecule has 0 spiro atoms. The summed E-state index contributed by atoms with van der Waals surface area (Å²) in [6.45, 7) is -0.149. The Morgan fingerprint density at radius 2 is 1.67 bits per heavy atom. The van der Waals surface area contributed by atoms with E-state index in [-0.39, 0.29) is 23.1 Å². The summed E-state index contributed by atoms with van der Waals surface area (Å²) in [5.41, 5.74) is 3.29. The lowest BCUT2D eigenvalue weighted by Gasteiger charge is -2.06. The van der Waals surface area contributed by atoms with Gasteiger partial charge in [-0.3, -0.25) is 4.79 Å². The van der Waals surface area contributed by atoms with E-state index in [1.165, 1.54) is 18.3 Å². The molecule has 1 amide bonds. The number of nitrogens with zero attached hydrogens (tertiary/aromatic N) is 1. The molecule has 0 heterocycles. The van der Waals surface area contributed by atoms with Gasteiger partial charge in [0.2, 0.25) is 0 Å². The van der Waals surface area contributed by atoms with Gasteiger partial charge in [0.15, 0.2) is 6.61 Å². The Morgan fingerprint density at radius 1 is 0.933 bits per heavy atom. The van der Waals surface area contributed by atoms with E-state index in [1.807, 2.05) is 18.2 Å². The number of rotatable bonds is 7. The van der Waals surface area contributed by atoms with Crippen molar-refractivity contribution in [2.75, 3.05) is 6.61 Å². The van der Waals surface area contributed by atoms with E-state index in [4.69, 9.17) is 32.7 Å². The van der Waals surface area contributed by atoms with E-state index in [0.29, 0.717) is 22.1 Å². The number of amides is 1. The minimum atomic E-state index is -0.594. The summed E-state index contributed by atoms with van der Waals surface area (Å²) in [5, 5.41) is 4.51. The average molecular weight is 443 g/mol. The van der Waals surface area contributed by atoms with Gasteiger partial charge in [-0.25, -0.2) is 10.2 Å². The Morgan fingerprint density at radius 3 is 2.37 bits per heavy atom. The largest absolute Gasteiger partial charge is 0.484 e. The molecule has 8 heteroatoms. The van der Waals surface area contributed by atoms with Crippen LogP contribution in [0, 0.1) is 0 Å². The van der Waals surface area contributed by atoms with Crippen LogP contribution in [0.3, 0.4) is 0 Å². The molecule has 3 aromatic carbocycles. The van der Waals surface area contributed by atoms with Crippen LogP contribution in [0.15, 0.2) is 77.9 Å². The lowest BCUT2D eigenvalue weighted by atomic mass is 10.2. The van der Waals surface area contributed by atoms with Gasteiger partial charge in [0, 0.05) is 5.02 Å². The van der Waals surface area contributed by atoms with Crippen molar-refractivity contribution in [1.82, 2.24) is 5.43 Å². The Balaban J connectivity index is 1.49. The number of hydrogen-bond donors (Lipinski definition) is 1. The average Bonchev–Trinajstić information content (AvgIpc) is 2.74. The number of hydrogen-bond acceptors (Lipinski definition) is 5. The minimum Gasteiger partial charge on any atom is -0.484 e. The van der Waals surface area contributed by atoms with Crippen molar-refractivity contribution >= 4 is 41.3 Å². The molecule has 30 heavy (non-hydrogen) atoms. The van der Waals surface area contributed by atoms with Gasteiger partial charge in [0.1, 0.15) is 11.5 Å². The van der Waals surface area contributed by atoms with Crippen molar-refractivity contribution in [3.63, 3.8) is 0 Å². The smallest absolute Gasteiger partial charge is 0.345 e. The van der Waals surface area contributed by atoms with E-state index in [0.717, 1.165) is 0 Å². The first-order valence-corrected chi connectivity index (χ1v) is 9.54. The zero-order valence-corrected chi connectivity index (χ0v) is 17.1. The molecule has 0 bridgehead atoms.